The van der Waals surface area contributed by atoms with Crippen molar-refractivity contribution in [3.63, 3.8) is 0 Å². The lowest BCUT2D eigenvalue weighted by atomic mass is 9.99. The van der Waals surface area contributed by atoms with E-state index in [9.17, 15) is 9.59 Å². The summed E-state index contributed by atoms with van der Waals surface area (Å²) in [6, 6.07) is 21.4. The number of anilines is 1. The van der Waals surface area contributed by atoms with Crippen LogP contribution in [0.15, 0.2) is 72.8 Å². The van der Waals surface area contributed by atoms with Crippen molar-refractivity contribution in [2.45, 2.75) is 6.04 Å². The van der Waals surface area contributed by atoms with Gasteiger partial charge < -0.3 is 15.8 Å². The zero-order chi connectivity index (χ0) is 20.8. The first kappa shape index (κ1) is 20.7. The molecular weight excluding hydrogens is 411 g/mol. The number of benzene rings is 3. The number of nitrogens with one attached hydrogen (secondary N) is 1. The van der Waals surface area contributed by atoms with E-state index in [0.29, 0.717) is 0 Å². The molecule has 1 amide bonds. The summed E-state index contributed by atoms with van der Waals surface area (Å²) in [4.78, 5) is 24.8. The molecule has 3 rings (SSSR count). The Morgan fingerprint density at radius 1 is 0.931 bits per heavy atom. The van der Waals surface area contributed by atoms with Gasteiger partial charge in [0.05, 0.1) is 22.3 Å². The molecule has 148 valence electrons. The molecule has 0 fully saturated rings. The minimum absolute atomic E-state index is 0.0120. The van der Waals surface area contributed by atoms with Gasteiger partial charge in [0.1, 0.15) is 0 Å². The van der Waals surface area contributed by atoms with Gasteiger partial charge in [0.2, 0.25) is 0 Å². The van der Waals surface area contributed by atoms with Crippen molar-refractivity contribution in [3.8, 4) is 0 Å². The molecule has 3 N–H and O–H groups in total. The van der Waals surface area contributed by atoms with Gasteiger partial charge in [-0.15, -0.1) is 0 Å². The molecule has 0 aliphatic carbocycles. The zero-order valence-electron chi connectivity index (χ0n) is 15.3. The number of nitrogen functional groups attached to an aromatic ring is 1. The first-order valence-electron chi connectivity index (χ1n) is 8.76. The molecule has 0 unspecified atom stereocenters. The normalized spacial score (nSPS) is 10.6. The molecule has 0 aliphatic heterocycles. The van der Waals surface area contributed by atoms with Crippen LogP contribution in [0.5, 0.6) is 0 Å². The molecule has 3 aromatic rings. The van der Waals surface area contributed by atoms with E-state index in [-0.39, 0.29) is 27.3 Å². The van der Waals surface area contributed by atoms with Crippen LogP contribution in [0.1, 0.15) is 27.5 Å². The summed E-state index contributed by atoms with van der Waals surface area (Å²) in [5, 5.41) is 3.28. The average molecular weight is 429 g/mol. The van der Waals surface area contributed by atoms with Gasteiger partial charge in [-0.2, -0.15) is 0 Å². The Morgan fingerprint density at radius 3 is 2.03 bits per heavy atom. The molecular formula is C22H18Cl2N2O3. The number of carbonyl (C=O) groups excluding carboxylic acids is 2. The second-order valence-corrected chi connectivity index (χ2v) is 7.09. The van der Waals surface area contributed by atoms with Crippen molar-refractivity contribution in [2.24, 2.45) is 0 Å². The van der Waals surface area contributed by atoms with Crippen molar-refractivity contribution in [1.82, 2.24) is 5.32 Å². The van der Waals surface area contributed by atoms with Crippen LogP contribution in [0.3, 0.4) is 0 Å². The molecule has 29 heavy (non-hydrogen) atoms. The fraction of sp³-hybridized carbons (Fsp3) is 0.0909. The van der Waals surface area contributed by atoms with Gasteiger partial charge in [0, 0.05) is 5.02 Å². The van der Waals surface area contributed by atoms with Gasteiger partial charge in [-0.1, -0.05) is 83.9 Å². The van der Waals surface area contributed by atoms with Crippen molar-refractivity contribution < 1.29 is 14.3 Å². The van der Waals surface area contributed by atoms with Crippen molar-refractivity contribution in [3.05, 3.63) is 99.5 Å². The Bertz CT molecular complexity index is 972. The molecule has 3 aromatic carbocycles. The maximum atomic E-state index is 12.5. The van der Waals surface area contributed by atoms with Crippen LogP contribution in [-0.4, -0.2) is 18.5 Å². The number of halogens is 2. The minimum atomic E-state index is -0.780. The van der Waals surface area contributed by atoms with E-state index in [0.717, 1.165) is 11.1 Å². The van der Waals surface area contributed by atoms with Gasteiger partial charge in [0.25, 0.3) is 5.91 Å². The van der Waals surface area contributed by atoms with Crippen LogP contribution < -0.4 is 11.1 Å². The van der Waals surface area contributed by atoms with Crippen LogP contribution in [0, 0.1) is 0 Å². The van der Waals surface area contributed by atoms with Gasteiger partial charge in [-0.3, -0.25) is 4.79 Å². The Hall–Kier alpha value is -3.02. The molecule has 5 nitrogen and oxygen atoms in total. The van der Waals surface area contributed by atoms with Gasteiger partial charge in [-0.25, -0.2) is 4.79 Å². The van der Waals surface area contributed by atoms with E-state index in [2.05, 4.69) is 5.32 Å². The van der Waals surface area contributed by atoms with E-state index in [4.69, 9.17) is 33.7 Å². The molecule has 0 spiro atoms. The third kappa shape index (κ3) is 5.28. The Morgan fingerprint density at radius 2 is 1.48 bits per heavy atom. The molecule has 0 aliphatic rings. The highest BCUT2D eigenvalue weighted by atomic mass is 35.5. The Balaban J connectivity index is 1.70. The quantitative estimate of drug-likeness (QED) is 0.442. The minimum Gasteiger partial charge on any atom is -0.452 e. The van der Waals surface area contributed by atoms with E-state index >= 15 is 0 Å². The first-order valence-corrected chi connectivity index (χ1v) is 9.52. The highest BCUT2D eigenvalue weighted by molar-refractivity contribution is 6.37. The number of esters is 1. The number of hydrogen-bond donors (Lipinski definition) is 2. The van der Waals surface area contributed by atoms with E-state index in [1.165, 1.54) is 12.1 Å². The molecule has 0 atom stereocenters. The zero-order valence-corrected chi connectivity index (χ0v) is 16.8. The molecule has 0 heterocycles. The third-order valence-electron chi connectivity index (χ3n) is 4.22. The van der Waals surface area contributed by atoms with Crippen molar-refractivity contribution in [1.29, 1.82) is 0 Å². The lowest BCUT2D eigenvalue weighted by Crippen LogP contribution is -2.33. The molecule has 0 bridgehead atoms. The van der Waals surface area contributed by atoms with Gasteiger partial charge in [-0.05, 0) is 23.3 Å². The molecule has 0 saturated heterocycles. The average Bonchev–Trinajstić information content (AvgIpc) is 2.74. The predicted octanol–water partition coefficient (Wildman–Crippen LogP) is 4.64. The van der Waals surface area contributed by atoms with Crippen molar-refractivity contribution >= 4 is 40.8 Å². The molecule has 0 radical (unpaired) electrons. The van der Waals surface area contributed by atoms with E-state index in [1.807, 2.05) is 60.7 Å². The summed E-state index contributed by atoms with van der Waals surface area (Å²) < 4.78 is 5.11. The van der Waals surface area contributed by atoms with Crippen molar-refractivity contribution in [2.75, 3.05) is 12.3 Å². The largest absolute Gasteiger partial charge is 0.452 e. The number of ether oxygens (including phenoxy) is 1. The maximum absolute atomic E-state index is 12.5. The summed E-state index contributed by atoms with van der Waals surface area (Å²) in [5.41, 5.74) is 7.67. The number of amides is 1. The van der Waals surface area contributed by atoms with Gasteiger partial charge >= 0.3 is 5.97 Å². The van der Waals surface area contributed by atoms with Crippen LogP contribution in [0.4, 0.5) is 5.69 Å². The molecule has 0 aromatic heterocycles. The summed E-state index contributed by atoms with van der Waals surface area (Å²) in [7, 11) is 0. The first-order chi connectivity index (χ1) is 14.0. The second kappa shape index (κ2) is 9.45. The highest BCUT2D eigenvalue weighted by Crippen LogP contribution is 2.28. The number of nitrogens with two attached hydrogens (primary N) is 1. The van der Waals surface area contributed by atoms with Crippen LogP contribution in [0.2, 0.25) is 10.0 Å². The third-order valence-corrected chi connectivity index (χ3v) is 4.75. The Kier molecular flexibility index (Phi) is 6.75. The van der Waals surface area contributed by atoms with Crippen LogP contribution in [0.25, 0.3) is 0 Å². The number of hydrogen-bond acceptors (Lipinski definition) is 4. The molecule has 0 saturated carbocycles. The topological polar surface area (TPSA) is 81.4 Å². The fourth-order valence-corrected chi connectivity index (χ4v) is 3.31. The second-order valence-electron chi connectivity index (χ2n) is 6.25. The van der Waals surface area contributed by atoms with Crippen LogP contribution >= 0.6 is 23.2 Å². The lowest BCUT2D eigenvalue weighted by Gasteiger charge is -2.20. The Labute approximate surface area is 178 Å². The van der Waals surface area contributed by atoms with Gasteiger partial charge in [0.15, 0.2) is 6.61 Å². The highest BCUT2D eigenvalue weighted by Gasteiger charge is 2.20. The monoisotopic (exact) mass is 428 g/mol. The van der Waals surface area contributed by atoms with E-state index < -0.39 is 18.5 Å². The summed E-state index contributed by atoms with van der Waals surface area (Å²) >= 11 is 11.8. The maximum Gasteiger partial charge on any atom is 0.340 e. The molecule has 7 heteroatoms. The summed E-state index contributed by atoms with van der Waals surface area (Å²) in [5.74, 6) is -1.24. The van der Waals surface area contributed by atoms with E-state index in [1.54, 1.807) is 0 Å². The van der Waals surface area contributed by atoms with Crippen LogP contribution in [-0.2, 0) is 9.53 Å². The predicted molar refractivity (Wildman–Crippen MR) is 114 cm³/mol. The smallest absolute Gasteiger partial charge is 0.340 e. The number of rotatable bonds is 6. The number of carbonyl (C=O) groups is 2. The summed E-state index contributed by atoms with van der Waals surface area (Å²) in [6.07, 6.45) is 0. The standard InChI is InChI=1S/C22H18Cl2N2O3/c23-16-11-17(20(25)18(24)12-16)22(28)29-13-19(27)26-21(14-7-3-1-4-8-14)15-9-5-2-6-10-15/h1-12,21H,13,25H2,(H,26,27). The summed E-state index contributed by atoms with van der Waals surface area (Å²) in [6.45, 7) is -0.474. The SMILES string of the molecule is Nc1c(Cl)cc(Cl)cc1C(=O)OCC(=O)NC(c1ccccc1)c1ccccc1. The lowest BCUT2D eigenvalue weighted by molar-refractivity contribution is -0.124. The fourth-order valence-electron chi connectivity index (χ4n) is 2.82.